The Balaban J connectivity index is 1.94. The largest absolute Gasteiger partial charge is 0.338 e. The molecular formula is C12H16ClN7. The fourth-order valence-electron chi connectivity index (χ4n) is 2.58. The molecule has 3 rings (SSSR count). The van der Waals surface area contributed by atoms with Crippen molar-refractivity contribution in [2.45, 2.75) is 32.7 Å². The Kier molecular flexibility index (Phi) is 3.52. The molecule has 1 aliphatic heterocycles. The molecule has 2 aromatic heterocycles. The van der Waals surface area contributed by atoms with Crippen LogP contribution in [0, 0.1) is 5.92 Å². The highest BCUT2D eigenvalue weighted by atomic mass is 35.5. The fraction of sp³-hybridized carbons (Fsp3) is 0.583. The number of piperidine rings is 1. The molecule has 8 heteroatoms. The summed E-state index contributed by atoms with van der Waals surface area (Å²) in [6.07, 6.45) is 5.23. The van der Waals surface area contributed by atoms with Crippen LogP contribution < -0.4 is 4.90 Å². The van der Waals surface area contributed by atoms with Crippen molar-refractivity contribution >= 4 is 17.5 Å². The molecule has 2 unspecified atom stereocenters. The van der Waals surface area contributed by atoms with Crippen molar-refractivity contribution in [3.8, 4) is 5.95 Å². The van der Waals surface area contributed by atoms with Crippen LogP contribution in [0.2, 0.25) is 5.28 Å². The zero-order valence-corrected chi connectivity index (χ0v) is 12.2. The summed E-state index contributed by atoms with van der Waals surface area (Å²) >= 11 is 6.01. The topological polar surface area (TPSA) is 72.6 Å². The normalized spacial score (nSPS) is 23.1. The van der Waals surface area contributed by atoms with Crippen LogP contribution in [-0.2, 0) is 0 Å². The third kappa shape index (κ3) is 2.58. The maximum atomic E-state index is 6.01. The smallest absolute Gasteiger partial charge is 0.258 e. The van der Waals surface area contributed by atoms with Crippen LogP contribution in [0.25, 0.3) is 5.95 Å². The van der Waals surface area contributed by atoms with Crippen molar-refractivity contribution in [2.75, 3.05) is 11.4 Å². The third-order valence-corrected chi connectivity index (χ3v) is 3.77. The number of aromatic nitrogens is 6. The second-order valence-electron chi connectivity index (χ2n) is 5.22. The van der Waals surface area contributed by atoms with E-state index in [4.69, 9.17) is 11.6 Å². The Labute approximate surface area is 122 Å². The Bertz CT molecular complexity index is 585. The van der Waals surface area contributed by atoms with Gasteiger partial charge in [0.1, 0.15) is 12.7 Å². The van der Waals surface area contributed by atoms with Crippen LogP contribution in [-0.4, -0.2) is 42.3 Å². The highest BCUT2D eigenvalue weighted by molar-refractivity contribution is 6.28. The summed E-state index contributed by atoms with van der Waals surface area (Å²) in [6.45, 7) is 5.39. The molecule has 0 aromatic carbocycles. The number of hydrogen-bond donors (Lipinski definition) is 0. The average molecular weight is 294 g/mol. The van der Waals surface area contributed by atoms with Gasteiger partial charge in [-0.15, -0.1) is 0 Å². The molecule has 106 valence electrons. The summed E-state index contributed by atoms with van der Waals surface area (Å²) in [5, 5.41) is 4.19. The summed E-state index contributed by atoms with van der Waals surface area (Å²) in [5.74, 6) is 1.73. The van der Waals surface area contributed by atoms with Crippen LogP contribution in [0.1, 0.15) is 26.7 Å². The Morgan fingerprint density at radius 1 is 1.20 bits per heavy atom. The second kappa shape index (κ2) is 5.32. The van der Waals surface area contributed by atoms with Crippen LogP contribution in [0.5, 0.6) is 0 Å². The van der Waals surface area contributed by atoms with Crippen molar-refractivity contribution < 1.29 is 0 Å². The van der Waals surface area contributed by atoms with Gasteiger partial charge in [0, 0.05) is 12.6 Å². The van der Waals surface area contributed by atoms with Crippen molar-refractivity contribution in [3.05, 3.63) is 17.9 Å². The average Bonchev–Trinajstić information content (AvgIpc) is 2.91. The molecule has 7 nitrogen and oxygen atoms in total. The molecule has 1 saturated heterocycles. The molecule has 3 heterocycles. The summed E-state index contributed by atoms with van der Waals surface area (Å²) in [7, 11) is 0. The molecule has 0 amide bonds. The molecule has 2 aromatic rings. The number of halogens is 1. The van der Waals surface area contributed by atoms with Gasteiger partial charge in [0.15, 0.2) is 0 Å². The summed E-state index contributed by atoms with van der Waals surface area (Å²) in [4.78, 5) is 18.9. The van der Waals surface area contributed by atoms with Gasteiger partial charge in [0.25, 0.3) is 5.95 Å². The molecule has 0 radical (unpaired) electrons. The van der Waals surface area contributed by atoms with Gasteiger partial charge in [-0.2, -0.15) is 24.7 Å². The molecule has 0 aliphatic carbocycles. The quantitative estimate of drug-likeness (QED) is 0.839. The lowest BCUT2D eigenvalue weighted by Crippen LogP contribution is -2.41. The van der Waals surface area contributed by atoms with Gasteiger partial charge in [-0.25, -0.2) is 4.98 Å². The molecule has 2 atom stereocenters. The first kappa shape index (κ1) is 13.2. The molecule has 0 spiro atoms. The number of hydrogen-bond acceptors (Lipinski definition) is 6. The van der Waals surface area contributed by atoms with E-state index >= 15 is 0 Å². The van der Waals surface area contributed by atoms with Gasteiger partial charge in [-0.05, 0) is 37.3 Å². The summed E-state index contributed by atoms with van der Waals surface area (Å²) in [5.41, 5.74) is 0. The van der Waals surface area contributed by atoms with Gasteiger partial charge in [0.05, 0.1) is 0 Å². The third-order valence-electron chi connectivity index (χ3n) is 3.60. The lowest BCUT2D eigenvalue weighted by molar-refractivity contribution is 0.373. The van der Waals surface area contributed by atoms with Crippen LogP contribution >= 0.6 is 11.6 Å². The minimum Gasteiger partial charge on any atom is -0.338 e. The Morgan fingerprint density at radius 3 is 2.70 bits per heavy atom. The SMILES string of the molecule is CC1CCN(c2nc(Cl)nc(-n3cncn3)n2)C(C)C1. The van der Waals surface area contributed by atoms with E-state index in [9.17, 15) is 0 Å². The fourth-order valence-corrected chi connectivity index (χ4v) is 2.73. The maximum Gasteiger partial charge on any atom is 0.258 e. The van der Waals surface area contributed by atoms with Gasteiger partial charge in [-0.3, -0.25) is 0 Å². The van der Waals surface area contributed by atoms with Crippen molar-refractivity contribution in [2.24, 2.45) is 5.92 Å². The van der Waals surface area contributed by atoms with E-state index in [1.165, 1.54) is 17.3 Å². The highest BCUT2D eigenvalue weighted by Gasteiger charge is 2.25. The predicted molar refractivity (Wildman–Crippen MR) is 75.0 cm³/mol. The maximum absolute atomic E-state index is 6.01. The van der Waals surface area contributed by atoms with Crippen molar-refractivity contribution in [3.63, 3.8) is 0 Å². The van der Waals surface area contributed by atoms with Gasteiger partial charge in [0.2, 0.25) is 11.2 Å². The lowest BCUT2D eigenvalue weighted by Gasteiger charge is -2.36. The zero-order chi connectivity index (χ0) is 14.1. The van der Waals surface area contributed by atoms with Gasteiger partial charge < -0.3 is 4.90 Å². The van der Waals surface area contributed by atoms with E-state index in [0.29, 0.717) is 17.9 Å². The summed E-state index contributed by atoms with van der Waals surface area (Å²) < 4.78 is 1.48. The zero-order valence-electron chi connectivity index (χ0n) is 11.4. The van der Waals surface area contributed by atoms with E-state index in [2.05, 4.69) is 43.8 Å². The van der Waals surface area contributed by atoms with E-state index < -0.39 is 0 Å². The van der Waals surface area contributed by atoms with Gasteiger partial charge >= 0.3 is 0 Å². The van der Waals surface area contributed by atoms with Crippen LogP contribution in [0.4, 0.5) is 5.95 Å². The standard InChI is InChI=1S/C12H16ClN7/c1-8-3-4-19(9(2)5-8)11-16-10(13)17-12(18-11)20-7-14-6-15-20/h6-9H,3-5H2,1-2H3. The number of anilines is 1. The van der Waals surface area contributed by atoms with Gasteiger partial charge in [-0.1, -0.05) is 6.92 Å². The molecular weight excluding hydrogens is 278 g/mol. The first-order valence-electron chi connectivity index (χ1n) is 6.66. The van der Waals surface area contributed by atoms with E-state index in [0.717, 1.165) is 25.3 Å². The molecule has 0 bridgehead atoms. The minimum atomic E-state index is 0.173. The van der Waals surface area contributed by atoms with E-state index in [1.54, 1.807) is 0 Å². The van der Waals surface area contributed by atoms with E-state index in [-0.39, 0.29) is 5.28 Å². The molecule has 1 fully saturated rings. The van der Waals surface area contributed by atoms with E-state index in [1.807, 2.05) is 0 Å². The summed E-state index contributed by atoms with van der Waals surface area (Å²) in [6, 6.07) is 0.390. The highest BCUT2D eigenvalue weighted by Crippen LogP contribution is 2.26. The second-order valence-corrected chi connectivity index (χ2v) is 5.55. The van der Waals surface area contributed by atoms with Crippen molar-refractivity contribution in [1.29, 1.82) is 0 Å². The van der Waals surface area contributed by atoms with Crippen LogP contribution in [0.3, 0.4) is 0 Å². The first-order valence-corrected chi connectivity index (χ1v) is 7.04. The number of nitrogens with zero attached hydrogens (tertiary/aromatic N) is 7. The Morgan fingerprint density at radius 2 is 2.00 bits per heavy atom. The molecule has 1 aliphatic rings. The molecule has 20 heavy (non-hydrogen) atoms. The molecule has 0 N–H and O–H groups in total. The van der Waals surface area contributed by atoms with Crippen molar-refractivity contribution in [1.82, 2.24) is 29.7 Å². The minimum absolute atomic E-state index is 0.173. The Hall–Kier alpha value is -1.76. The van der Waals surface area contributed by atoms with Crippen LogP contribution in [0.15, 0.2) is 12.7 Å². The monoisotopic (exact) mass is 293 g/mol. The molecule has 0 saturated carbocycles. The lowest BCUT2D eigenvalue weighted by atomic mass is 9.94. The predicted octanol–water partition coefficient (Wildman–Crippen LogP) is 1.73. The number of rotatable bonds is 2. The first-order chi connectivity index (χ1) is 9.63.